The van der Waals surface area contributed by atoms with Crippen LogP contribution in [0, 0.1) is 6.92 Å². The van der Waals surface area contributed by atoms with Crippen molar-refractivity contribution in [2.24, 2.45) is 4.99 Å². The van der Waals surface area contributed by atoms with Gasteiger partial charge in [-0.25, -0.2) is 8.42 Å². The van der Waals surface area contributed by atoms with Crippen molar-refractivity contribution in [2.45, 2.75) is 29.8 Å². The molecule has 0 unspecified atom stereocenters. The summed E-state index contributed by atoms with van der Waals surface area (Å²) in [5.41, 5.74) is 3.46. The van der Waals surface area contributed by atoms with Crippen molar-refractivity contribution in [3.8, 4) is 0 Å². The number of nitrogens with one attached hydrogen (secondary N) is 2. The molecule has 0 fully saturated rings. The maximum atomic E-state index is 11.5. The second-order valence-corrected chi connectivity index (χ2v) is 8.87. The third-order valence-electron chi connectivity index (χ3n) is 3.92. The summed E-state index contributed by atoms with van der Waals surface area (Å²) in [6, 6.07) is 13.3. The molecule has 27 heavy (non-hydrogen) atoms. The largest absolute Gasteiger partial charge is 0.352 e. The van der Waals surface area contributed by atoms with Crippen LogP contribution in [0.15, 0.2) is 57.2 Å². The molecule has 0 spiro atoms. The lowest BCUT2D eigenvalue weighted by Gasteiger charge is -2.14. The number of halogens is 1. The van der Waals surface area contributed by atoms with Crippen LogP contribution in [0.25, 0.3) is 0 Å². The molecule has 2 N–H and O–H groups in total. The van der Waals surface area contributed by atoms with E-state index in [-0.39, 0.29) is 24.0 Å². The molecule has 0 aliphatic carbocycles. The standard InChI is InChI=1S/C19H25N3O2S2.HI/c1-14-5-8-16(18(11-14)25-3)13-22-19(20-2)21-12-15-6-9-17(10-7-15)26(4,23)24;/h5-11H,12-13H2,1-4H3,(H2,20,21,22);1H. The fourth-order valence-corrected chi connectivity index (χ4v) is 3.77. The fraction of sp³-hybridized carbons (Fsp3) is 0.316. The van der Waals surface area contributed by atoms with Crippen molar-refractivity contribution in [3.05, 3.63) is 59.2 Å². The molecule has 0 atom stereocenters. The van der Waals surface area contributed by atoms with E-state index in [4.69, 9.17) is 0 Å². The maximum absolute atomic E-state index is 11.5. The minimum atomic E-state index is -3.16. The van der Waals surface area contributed by atoms with Gasteiger partial charge in [-0.1, -0.05) is 24.3 Å². The molecule has 0 saturated carbocycles. The van der Waals surface area contributed by atoms with Crippen LogP contribution in [-0.4, -0.2) is 33.9 Å². The second-order valence-electron chi connectivity index (χ2n) is 6.01. The van der Waals surface area contributed by atoms with E-state index >= 15 is 0 Å². The van der Waals surface area contributed by atoms with Crippen LogP contribution < -0.4 is 10.6 Å². The molecule has 0 amide bonds. The Labute approximate surface area is 183 Å². The molecule has 5 nitrogen and oxygen atoms in total. The summed E-state index contributed by atoms with van der Waals surface area (Å²) in [7, 11) is -1.43. The molecule has 2 rings (SSSR count). The minimum Gasteiger partial charge on any atom is -0.352 e. The Morgan fingerprint density at radius 3 is 2.26 bits per heavy atom. The van der Waals surface area contributed by atoms with Gasteiger partial charge in [-0.05, 0) is 48.1 Å². The summed E-state index contributed by atoms with van der Waals surface area (Å²) < 4.78 is 23.0. The van der Waals surface area contributed by atoms with Crippen LogP contribution in [0.4, 0.5) is 0 Å². The van der Waals surface area contributed by atoms with E-state index < -0.39 is 9.84 Å². The van der Waals surface area contributed by atoms with Gasteiger partial charge in [0.15, 0.2) is 15.8 Å². The van der Waals surface area contributed by atoms with E-state index in [0.717, 1.165) is 5.56 Å². The number of nitrogens with zero attached hydrogens (tertiary/aromatic N) is 1. The first-order valence-corrected chi connectivity index (χ1v) is 11.3. The molecule has 8 heteroatoms. The first-order valence-electron chi connectivity index (χ1n) is 8.20. The Balaban J connectivity index is 0.00000364. The summed E-state index contributed by atoms with van der Waals surface area (Å²) >= 11 is 1.73. The predicted molar refractivity (Wildman–Crippen MR) is 125 cm³/mol. The number of rotatable bonds is 6. The number of hydrogen-bond donors (Lipinski definition) is 2. The van der Waals surface area contributed by atoms with Gasteiger partial charge in [-0.15, -0.1) is 35.7 Å². The Morgan fingerprint density at radius 1 is 1.07 bits per heavy atom. The molecular formula is C19H26IN3O2S2. The van der Waals surface area contributed by atoms with Gasteiger partial charge in [0.25, 0.3) is 0 Å². The minimum absolute atomic E-state index is 0. The van der Waals surface area contributed by atoms with E-state index in [1.807, 2.05) is 12.1 Å². The number of aryl methyl sites for hydroxylation is 1. The van der Waals surface area contributed by atoms with Gasteiger partial charge in [0.05, 0.1) is 4.90 Å². The molecular weight excluding hydrogens is 493 g/mol. The van der Waals surface area contributed by atoms with Crippen LogP contribution in [0.3, 0.4) is 0 Å². The number of sulfone groups is 1. The summed E-state index contributed by atoms with van der Waals surface area (Å²) in [5.74, 6) is 0.699. The zero-order valence-electron chi connectivity index (χ0n) is 15.9. The summed E-state index contributed by atoms with van der Waals surface area (Å²) in [6.45, 7) is 3.34. The van der Waals surface area contributed by atoms with Crippen molar-refractivity contribution < 1.29 is 8.42 Å². The molecule has 0 bridgehead atoms. The van der Waals surface area contributed by atoms with E-state index in [2.05, 4.69) is 47.0 Å². The maximum Gasteiger partial charge on any atom is 0.191 e. The zero-order valence-corrected chi connectivity index (χ0v) is 19.9. The summed E-state index contributed by atoms with van der Waals surface area (Å²) in [5, 5.41) is 6.56. The Hall–Kier alpha value is -1.26. The van der Waals surface area contributed by atoms with Crippen molar-refractivity contribution in [1.82, 2.24) is 10.6 Å². The average Bonchev–Trinajstić information content (AvgIpc) is 2.62. The third-order valence-corrected chi connectivity index (χ3v) is 5.87. The monoisotopic (exact) mass is 519 g/mol. The molecule has 0 heterocycles. The number of benzene rings is 2. The first kappa shape index (κ1) is 23.8. The van der Waals surface area contributed by atoms with Crippen LogP contribution in [0.2, 0.25) is 0 Å². The van der Waals surface area contributed by atoms with Crippen molar-refractivity contribution in [1.29, 1.82) is 0 Å². The topological polar surface area (TPSA) is 70.6 Å². The quantitative estimate of drug-likeness (QED) is 0.264. The van der Waals surface area contributed by atoms with Gasteiger partial charge in [0.2, 0.25) is 0 Å². The lowest BCUT2D eigenvalue weighted by molar-refractivity contribution is 0.602. The molecule has 0 aliphatic heterocycles. The van der Waals surface area contributed by atoms with E-state index in [0.29, 0.717) is 23.9 Å². The van der Waals surface area contributed by atoms with Crippen molar-refractivity contribution in [3.63, 3.8) is 0 Å². The Kier molecular flexibility index (Phi) is 9.61. The van der Waals surface area contributed by atoms with Gasteiger partial charge >= 0.3 is 0 Å². The number of thioether (sulfide) groups is 1. The molecule has 0 aromatic heterocycles. The van der Waals surface area contributed by atoms with Gasteiger partial charge < -0.3 is 10.6 Å². The Bertz CT molecular complexity index is 882. The number of aliphatic imine (C=N–C) groups is 1. The van der Waals surface area contributed by atoms with E-state index in [1.54, 1.807) is 30.9 Å². The lowest BCUT2D eigenvalue weighted by Crippen LogP contribution is -2.36. The Morgan fingerprint density at radius 2 is 1.70 bits per heavy atom. The SMILES string of the molecule is CN=C(NCc1ccc(S(C)(=O)=O)cc1)NCc1ccc(C)cc1SC.I. The third kappa shape index (κ3) is 7.34. The second kappa shape index (κ2) is 10.9. The fourth-order valence-electron chi connectivity index (χ4n) is 2.44. The molecule has 148 valence electrons. The summed E-state index contributed by atoms with van der Waals surface area (Å²) in [6.07, 6.45) is 3.28. The number of hydrogen-bond acceptors (Lipinski definition) is 4. The van der Waals surface area contributed by atoms with Gasteiger partial charge in [0.1, 0.15) is 0 Å². The highest BCUT2D eigenvalue weighted by Crippen LogP contribution is 2.21. The highest BCUT2D eigenvalue weighted by atomic mass is 127. The molecule has 0 radical (unpaired) electrons. The van der Waals surface area contributed by atoms with Gasteiger partial charge in [0, 0.05) is 31.3 Å². The highest BCUT2D eigenvalue weighted by Gasteiger charge is 2.07. The van der Waals surface area contributed by atoms with Crippen LogP contribution in [-0.2, 0) is 22.9 Å². The van der Waals surface area contributed by atoms with Gasteiger partial charge in [-0.2, -0.15) is 0 Å². The van der Waals surface area contributed by atoms with Crippen LogP contribution in [0.1, 0.15) is 16.7 Å². The predicted octanol–water partition coefficient (Wildman–Crippen LogP) is 3.60. The molecule has 0 saturated heterocycles. The lowest BCUT2D eigenvalue weighted by atomic mass is 10.1. The van der Waals surface area contributed by atoms with Crippen LogP contribution >= 0.6 is 35.7 Å². The van der Waals surface area contributed by atoms with Gasteiger partial charge in [-0.3, -0.25) is 4.99 Å². The number of guanidine groups is 1. The summed E-state index contributed by atoms with van der Waals surface area (Å²) in [4.78, 5) is 5.82. The zero-order chi connectivity index (χ0) is 19.2. The first-order chi connectivity index (χ1) is 12.3. The molecule has 2 aromatic rings. The van der Waals surface area contributed by atoms with Crippen molar-refractivity contribution in [2.75, 3.05) is 19.6 Å². The van der Waals surface area contributed by atoms with Crippen LogP contribution in [0.5, 0.6) is 0 Å². The normalized spacial score (nSPS) is 11.6. The highest BCUT2D eigenvalue weighted by molar-refractivity contribution is 14.0. The van der Waals surface area contributed by atoms with E-state index in [1.165, 1.54) is 22.3 Å². The average molecular weight is 519 g/mol. The van der Waals surface area contributed by atoms with Crippen molar-refractivity contribution >= 4 is 51.5 Å². The van der Waals surface area contributed by atoms with E-state index in [9.17, 15) is 8.42 Å². The molecule has 2 aromatic carbocycles. The molecule has 0 aliphatic rings. The smallest absolute Gasteiger partial charge is 0.191 e.